The average Bonchev–Trinajstić information content (AvgIpc) is 2.71. The number of ether oxygens (including phenoxy) is 2. The molecule has 0 bridgehead atoms. The number of nitrogens with one attached hydrogen (secondary N) is 1. The van der Waals surface area contributed by atoms with E-state index in [4.69, 9.17) is 9.47 Å². The summed E-state index contributed by atoms with van der Waals surface area (Å²) < 4.78 is 39.3. The van der Waals surface area contributed by atoms with Crippen molar-refractivity contribution >= 4 is 21.6 Å². The molecule has 0 saturated heterocycles. The van der Waals surface area contributed by atoms with Crippen LogP contribution in [0.3, 0.4) is 0 Å². The molecule has 1 atom stereocenters. The number of carbonyl (C=O) groups excluding carboxylic acids is 1. The maximum atomic E-state index is 13.0. The van der Waals surface area contributed by atoms with E-state index in [1.807, 2.05) is 0 Å². The Morgan fingerprint density at radius 3 is 2.55 bits per heavy atom. The van der Waals surface area contributed by atoms with Crippen molar-refractivity contribution in [2.45, 2.75) is 37.6 Å². The Bertz CT molecular complexity index is 1020. The van der Waals surface area contributed by atoms with Crippen molar-refractivity contribution in [1.82, 2.24) is 4.72 Å². The number of rotatable bonds is 6. The van der Waals surface area contributed by atoms with Crippen LogP contribution in [0.25, 0.3) is 0 Å². The summed E-state index contributed by atoms with van der Waals surface area (Å²) in [5.41, 5.74) is 2.32. The van der Waals surface area contributed by atoms with Crippen LogP contribution in [0, 0.1) is 0 Å². The molecule has 7 nitrogen and oxygen atoms in total. The first-order valence-corrected chi connectivity index (χ1v) is 10.9. The van der Waals surface area contributed by atoms with E-state index in [2.05, 4.69) is 4.72 Å². The molecule has 1 heterocycles. The third-order valence-corrected chi connectivity index (χ3v) is 6.63. The molecule has 0 saturated carbocycles. The first-order chi connectivity index (χ1) is 13.8. The first-order valence-electron chi connectivity index (χ1n) is 9.42. The number of benzene rings is 2. The largest absolute Gasteiger partial charge is 0.497 e. The third-order valence-electron chi connectivity index (χ3n) is 5.10. The highest BCUT2D eigenvalue weighted by molar-refractivity contribution is 7.89. The van der Waals surface area contributed by atoms with Gasteiger partial charge < -0.3 is 14.4 Å². The number of amides is 1. The van der Waals surface area contributed by atoms with E-state index in [1.165, 1.54) is 20.1 Å². The average molecular weight is 419 g/mol. The van der Waals surface area contributed by atoms with Crippen LogP contribution in [0.1, 0.15) is 37.4 Å². The summed E-state index contributed by atoms with van der Waals surface area (Å²) in [6, 6.07) is 9.63. The van der Waals surface area contributed by atoms with Crippen molar-refractivity contribution in [3.05, 3.63) is 47.5 Å². The van der Waals surface area contributed by atoms with E-state index < -0.39 is 16.1 Å². The van der Waals surface area contributed by atoms with Gasteiger partial charge in [0, 0.05) is 30.8 Å². The molecule has 1 aliphatic rings. The maximum Gasteiger partial charge on any atom is 0.241 e. The van der Waals surface area contributed by atoms with Crippen LogP contribution < -0.4 is 19.1 Å². The second kappa shape index (κ2) is 8.42. The van der Waals surface area contributed by atoms with Crippen molar-refractivity contribution in [2.24, 2.45) is 0 Å². The second-order valence-corrected chi connectivity index (χ2v) is 8.73. The number of nitrogens with zero attached hydrogens (tertiary/aromatic N) is 1. The number of methoxy groups -OCH3 is 2. The minimum Gasteiger partial charge on any atom is -0.497 e. The van der Waals surface area contributed by atoms with E-state index >= 15 is 0 Å². The molecule has 0 radical (unpaired) electrons. The highest BCUT2D eigenvalue weighted by atomic mass is 32.2. The zero-order chi connectivity index (χ0) is 21.2. The zero-order valence-electron chi connectivity index (χ0n) is 17.1. The van der Waals surface area contributed by atoms with E-state index in [0.29, 0.717) is 23.6 Å². The lowest BCUT2D eigenvalue weighted by Gasteiger charge is -2.29. The summed E-state index contributed by atoms with van der Waals surface area (Å²) in [6.45, 7) is 3.93. The first kappa shape index (κ1) is 21.1. The van der Waals surface area contributed by atoms with Crippen molar-refractivity contribution in [3.63, 3.8) is 0 Å². The van der Waals surface area contributed by atoms with Gasteiger partial charge in [0.15, 0.2) is 0 Å². The Labute approximate surface area is 171 Å². The number of fused-ring (bicyclic) bond motifs is 1. The van der Waals surface area contributed by atoms with Crippen LogP contribution in [0.5, 0.6) is 11.5 Å². The Kier molecular flexibility index (Phi) is 6.14. The highest BCUT2D eigenvalue weighted by Gasteiger charge is 2.25. The summed E-state index contributed by atoms with van der Waals surface area (Å²) in [7, 11) is -0.681. The van der Waals surface area contributed by atoms with Crippen molar-refractivity contribution in [3.8, 4) is 11.5 Å². The SMILES string of the molecule is COc1ccc(OC)c([C@H](C)NS(=O)(=O)c2ccc3c(c2)CCCN3C(C)=O)c1. The van der Waals surface area contributed by atoms with Gasteiger partial charge >= 0.3 is 0 Å². The molecule has 2 aromatic rings. The van der Waals surface area contributed by atoms with Gasteiger partial charge in [-0.15, -0.1) is 0 Å². The van der Waals surface area contributed by atoms with E-state index in [1.54, 1.807) is 49.3 Å². The molecule has 1 aliphatic heterocycles. The molecular weight excluding hydrogens is 392 g/mol. The van der Waals surface area contributed by atoms with Crippen LogP contribution in [-0.4, -0.2) is 35.1 Å². The normalized spacial score (nSPS) is 14.8. The molecule has 8 heteroatoms. The molecule has 2 aromatic carbocycles. The molecular formula is C21H26N2O5S. The van der Waals surface area contributed by atoms with Crippen LogP contribution in [0.4, 0.5) is 5.69 Å². The highest BCUT2D eigenvalue weighted by Crippen LogP contribution is 2.32. The van der Waals surface area contributed by atoms with Crippen molar-refractivity contribution < 1.29 is 22.7 Å². The molecule has 0 spiro atoms. The molecule has 156 valence electrons. The van der Waals surface area contributed by atoms with Crippen LogP contribution in [0.15, 0.2) is 41.3 Å². The number of anilines is 1. The lowest BCUT2D eigenvalue weighted by Crippen LogP contribution is -2.34. The van der Waals surface area contributed by atoms with Gasteiger partial charge in [-0.1, -0.05) is 0 Å². The molecule has 0 aromatic heterocycles. The Balaban J connectivity index is 1.89. The van der Waals surface area contributed by atoms with Gasteiger partial charge in [0.05, 0.1) is 19.1 Å². The summed E-state index contributed by atoms with van der Waals surface area (Å²) >= 11 is 0. The van der Waals surface area contributed by atoms with Gasteiger partial charge in [-0.3, -0.25) is 4.79 Å². The van der Waals surface area contributed by atoms with Gasteiger partial charge in [0.1, 0.15) is 11.5 Å². The molecule has 0 unspecified atom stereocenters. The predicted molar refractivity (Wildman–Crippen MR) is 111 cm³/mol. The number of aryl methyl sites for hydroxylation is 1. The molecule has 0 aliphatic carbocycles. The number of sulfonamides is 1. The Morgan fingerprint density at radius 1 is 1.14 bits per heavy atom. The monoisotopic (exact) mass is 418 g/mol. The van der Waals surface area contributed by atoms with Gasteiger partial charge in [-0.05, 0) is 61.7 Å². The number of carbonyl (C=O) groups is 1. The second-order valence-electron chi connectivity index (χ2n) is 7.02. The predicted octanol–water partition coefficient (Wildman–Crippen LogP) is 3.04. The number of hydrogen-bond acceptors (Lipinski definition) is 5. The minimum absolute atomic E-state index is 0.0431. The summed E-state index contributed by atoms with van der Waals surface area (Å²) in [5, 5.41) is 0. The van der Waals surface area contributed by atoms with Gasteiger partial charge in [-0.25, -0.2) is 13.1 Å². The minimum atomic E-state index is -3.77. The Morgan fingerprint density at radius 2 is 1.90 bits per heavy atom. The fraction of sp³-hybridized carbons (Fsp3) is 0.381. The summed E-state index contributed by atoms with van der Waals surface area (Å²) in [6.07, 6.45) is 1.54. The lowest BCUT2D eigenvalue weighted by atomic mass is 10.0. The van der Waals surface area contributed by atoms with E-state index in [-0.39, 0.29) is 10.8 Å². The standard InChI is InChI=1S/C21H26N2O5S/c1-14(19-13-17(27-3)7-10-21(19)28-4)22-29(25,26)18-8-9-20-16(12-18)6-5-11-23(20)15(2)24/h7-10,12-14,22H,5-6,11H2,1-4H3/t14-/m0/s1. The van der Waals surface area contributed by atoms with Gasteiger partial charge in [0.25, 0.3) is 0 Å². The zero-order valence-corrected chi connectivity index (χ0v) is 17.9. The van der Waals surface area contributed by atoms with Gasteiger partial charge in [0.2, 0.25) is 15.9 Å². The van der Waals surface area contributed by atoms with Crippen LogP contribution >= 0.6 is 0 Å². The summed E-state index contributed by atoms with van der Waals surface area (Å²) in [5.74, 6) is 1.15. The summed E-state index contributed by atoms with van der Waals surface area (Å²) in [4.78, 5) is 13.7. The third kappa shape index (κ3) is 4.38. The quantitative estimate of drug-likeness (QED) is 0.779. The van der Waals surface area contributed by atoms with Gasteiger partial charge in [-0.2, -0.15) is 0 Å². The molecule has 0 fully saturated rings. The molecule has 1 N–H and O–H groups in total. The van der Waals surface area contributed by atoms with Crippen molar-refractivity contribution in [1.29, 1.82) is 0 Å². The van der Waals surface area contributed by atoms with Crippen LogP contribution in [0.2, 0.25) is 0 Å². The smallest absolute Gasteiger partial charge is 0.241 e. The maximum absolute atomic E-state index is 13.0. The molecule has 3 rings (SSSR count). The fourth-order valence-corrected chi connectivity index (χ4v) is 4.88. The van der Waals surface area contributed by atoms with Crippen LogP contribution in [-0.2, 0) is 21.2 Å². The molecule has 29 heavy (non-hydrogen) atoms. The number of hydrogen-bond donors (Lipinski definition) is 1. The topological polar surface area (TPSA) is 84.9 Å². The molecule has 1 amide bonds. The fourth-order valence-electron chi connectivity index (χ4n) is 3.61. The lowest BCUT2D eigenvalue weighted by molar-refractivity contribution is -0.116. The Hall–Kier alpha value is -2.58. The van der Waals surface area contributed by atoms with E-state index in [9.17, 15) is 13.2 Å². The van der Waals surface area contributed by atoms with Crippen molar-refractivity contribution in [2.75, 3.05) is 25.7 Å². The van der Waals surface area contributed by atoms with E-state index in [0.717, 1.165) is 24.1 Å².